The molecule has 0 radical (unpaired) electrons. The number of ether oxygens (including phenoxy) is 4. The summed E-state index contributed by atoms with van der Waals surface area (Å²) in [4.78, 5) is 4.73. The molecule has 2 aromatic rings. The molecule has 3 rings (SSSR count). The molecule has 162 valence electrons. The van der Waals surface area contributed by atoms with Crippen molar-refractivity contribution in [3.8, 4) is 17.2 Å². The van der Waals surface area contributed by atoms with Crippen molar-refractivity contribution < 1.29 is 18.9 Å². The minimum Gasteiger partial charge on any atom is -0.497 e. The van der Waals surface area contributed by atoms with E-state index in [1.54, 1.807) is 21.3 Å². The molecule has 0 bridgehead atoms. The zero-order valence-electron chi connectivity index (χ0n) is 18.7. The molecule has 1 heterocycles. The average molecular weight is 412 g/mol. The number of hydrogen-bond acceptors (Lipinski definition) is 5. The lowest BCUT2D eigenvalue weighted by atomic mass is 9.67. The fourth-order valence-electron chi connectivity index (χ4n) is 4.41. The first-order chi connectivity index (χ1) is 14.4. The second kappa shape index (κ2) is 9.52. The summed E-state index contributed by atoms with van der Waals surface area (Å²) >= 11 is 0. The Bertz CT molecular complexity index is 860. The van der Waals surface area contributed by atoms with E-state index in [1.807, 2.05) is 36.5 Å². The highest BCUT2D eigenvalue weighted by Crippen LogP contribution is 2.44. The molecule has 1 aliphatic rings. The van der Waals surface area contributed by atoms with Crippen LogP contribution in [-0.4, -0.2) is 46.3 Å². The van der Waals surface area contributed by atoms with Gasteiger partial charge in [0.2, 0.25) is 0 Å². The van der Waals surface area contributed by atoms with Gasteiger partial charge in [0, 0.05) is 24.8 Å². The smallest absolute Gasteiger partial charge is 0.161 e. The Kier molecular flexibility index (Phi) is 7.03. The van der Waals surface area contributed by atoms with Crippen LogP contribution in [0.3, 0.4) is 0 Å². The fraction of sp³-hybridized carbons (Fsp3) is 0.480. The standard InChI is InChI=1S/C25H33NO4/c1-24(2)18-25(13-15-30-24,20-7-9-21(27-3)10-8-20)12-14-26-17-19-6-11-22(28-4)23(16-19)29-5/h6-11,16-17H,12-15,18H2,1-5H3/t25-/m0/s1. The maximum absolute atomic E-state index is 6.02. The van der Waals surface area contributed by atoms with Crippen molar-refractivity contribution in [1.29, 1.82) is 0 Å². The summed E-state index contributed by atoms with van der Waals surface area (Å²) in [6, 6.07) is 14.3. The van der Waals surface area contributed by atoms with Gasteiger partial charge in [-0.05, 0) is 74.6 Å². The Hall–Kier alpha value is -2.53. The molecule has 2 aromatic carbocycles. The second-order valence-electron chi connectivity index (χ2n) is 8.44. The Morgan fingerprint density at radius 2 is 1.70 bits per heavy atom. The van der Waals surface area contributed by atoms with E-state index in [0.717, 1.165) is 49.5 Å². The third-order valence-electron chi connectivity index (χ3n) is 5.91. The Morgan fingerprint density at radius 1 is 0.967 bits per heavy atom. The van der Waals surface area contributed by atoms with E-state index in [2.05, 4.69) is 26.0 Å². The molecule has 5 heteroatoms. The molecule has 0 aliphatic carbocycles. The summed E-state index contributed by atoms with van der Waals surface area (Å²) < 4.78 is 22.1. The molecule has 0 saturated carbocycles. The summed E-state index contributed by atoms with van der Waals surface area (Å²) in [5.41, 5.74) is 2.23. The van der Waals surface area contributed by atoms with Crippen LogP contribution in [0.1, 0.15) is 44.2 Å². The molecule has 0 N–H and O–H groups in total. The molecule has 1 atom stereocenters. The first kappa shape index (κ1) is 22.2. The highest BCUT2D eigenvalue weighted by atomic mass is 16.5. The van der Waals surface area contributed by atoms with Crippen LogP contribution in [0, 0.1) is 0 Å². The number of rotatable bonds is 8. The van der Waals surface area contributed by atoms with E-state index in [-0.39, 0.29) is 11.0 Å². The molecule has 0 amide bonds. The third-order valence-corrected chi connectivity index (χ3v) is 5.91. The highest BCUT2D eigenvalue weighted by molar-refractivity contribution is 5.80. The van der Waals surface area contributed by atoms with Crippen LogP contribution < -0.4 is 14.2 Å². The van der Waals surface area contributed by atoms with Gasteiger partial charge in [-0.25, -0.2) is 0 Å². The lowest BCUT2D eigenvalue weighted by Gasteiger charge is -2.45. The van der Waals surface area contributed by atoms with Crippen LogP contribution >= 0.6 is 0 Å². The van der Waals surface area contributed by atoms with Crippen molar-refractivity contribution >= 4 is 6.21 Å². The summed E-state index contributed by atoms with van der Waals surface area (Å²) in [7, 11) is 4.98. The number of hydrogen-bond donors (Lipinski definition) is 0. The van der Waals surface area contributed by atoms with Gasteiger partial charge in [-0.2, -0.15) is 0 Å². The maximum atomic E-state index is 6.02. The summed E-state index contributed by atoms with van der Waals surface area (Å²) in [5.74, 6) is 2.31. The fourth-order valence-corrected chi connectivity index (χ4v) is 4.41. The summed E-state index contributed by atoms with van der Waals surface area (Å²) in [6.45, 7) is 5.86. The lowest BCUT2D eigenvalue weighted by Crippen LogP contribution is -2.44. The zero-order valence-corrected chi connectivity index (χ0v) is 18.7. The van der Waals surface area contributed by atoms with Gasteiger partial charge in [-0.15, -0.1) is 0 Å². The Labute approximate surface area is 180 Å². The van der Waals surface area contributed by atoms with Gasteiger partial charge in [-0.3, -0.25) is 4.99 Å². The van der Waals surface area contributed by atoms with Crippen LogP contribution in [0.4, 0.5) is 0 Å². The predicted octanol–water partition coefficient (Wildman–Crippen LogP) is 5.05. The first-order valence-electron chi connectivity index (χ1n) is 10.4. The van der Waals surface area contributed by atoms with E-state index in [1.165, 1.54) is 5.56 Å². The monoisotopic (exact) mass is 411 g/mol. The molecule has 0 unspecified atom stereocenters. The molecule has 1 aliphatic heterocycles. The summed E-state index contributed by atoms with van der Waals surface area (Å²) in [5, 5.41) is 0. The van der Waals surface area contributed by atoms with E-state index >= 15 is 0 Å². The maximum Gasteiger partial charge on any atom is 0.161 e. The van der Waals surface area contributed by atoms with Gasteiger partial charge >= 0.3 is 0 Å². The van der Waals surface area contributed by atoms with E-state index in [4.69, 9.17) is 23.9 Å². The summed E-state index contributed by atoms with van der Waals surface area (Å²) in [6.07, 6.45) is 4.84. The van der Waals surface area contributed by atoms with Crippen molar-refractivity contribution in [2.24, 2.45) is 4.99 Å². The third kappa shape index (κ3) is 5.14. The Balaban J connectivity index is 1.76. The Morgan fingerprint density at radius 3 is 2.33 bits per heavy atom. The minimum atomic E-state index is -0.148. The van der Waals surface area contributed by atoms with Crippen LogP contribution in [0.15, 0.2) is 47.5 Å². The number of nitrogens with zero attached hydrogens (tertiary/aromatic N) is 1. The van der Waals surface area contributed by atoms with Gasteiger partial charge in [0.05, 0.1) is 26.9 Å². The highest BCUT2D eigenvalue weighted by Gasteiger charge is 2.41. The lowest BCUT2D eigenvalue weighted by molar-refractivity contribution is -0.0836. The number of benzene rings is 2. The SMILES string of the molecule is COc1ccc([C@@]2(CCN=Cc3ccc(OC)c(OC)c3)CCOC(C)(C)C2)cc1. The molecule has 1 fully saturated rings. The van der Waals surface area contributed by atoms with Gasteiger partial charge < -0.3 is 18.9 Å². The molecular formula is C25H33NO4. The molecule has 0 spiro atoms. The molecule has 1 saturated heterocycles. The van der Waals surface area contributed by atoms with E-state index < -0.39 is 0 Å². The second-order valence-corrected chi connectivity index (χ2v) is 8.44. The molecule has 5 nitrogen and oxygen atoms in total. The van der Waals surface area contributed by atoms with Crippen molar-refractivity contribution in [3.63, 3.8) is 0 Å². The number of methoxy groups -OCH3 is 3. The van der Waals surface area contributed by atoms with Crippen molar-refractivity contribution in [1.82, 2.24) is 0 Å². The molecule has 0 aromatic heterocycles. The largest absolute Gasteiger partial charge is 0.497 e. The van der Waals surface area contributed by atoms with Crippen LogP contribution in [-0.2, 0) is 10.2 Å². The first-order valence-corrected chi connectivity index (χ1v) is 10.4. The van der Waals surface area contributed by atoms with Crippen LogP contribution in [0.25, 0.3) is 0 Å². The zero-order chi connectivity index (χ0) is 21.6. The quantitative estimate of drug-likeness (QED) is 0.571. The normalized spacial score (nSPS) is 20.8. The van der Waals surface area contributed by atoms with Crippen LogP contribution in [0.2, 0.25) is 0 Å². The topological polar surface area (TPSA) is 49.3 Å². The van der Waals surface area contributed by atoms with E-state index in [0.29, 0.717) is 5.75 Å². The van der Waals surface area contributed by atoms with Crippen molar-refractivity contribution in [2.45, 2.75) is 44.1 Å². The molecule has 30 heavy (non-hydrogen) atoms. The predicted molar refractivity (Wildman–Crippen MR) is 121 cm³/mol. The van der Waals surface area contributed by atoms with Gasteiger partial charge in [0.15, 0.2) is 11.5 Å². The van der Waals surface area contributed by atoms with E-state index in [9.17, 15) is 0 Å². The average Bonchev–Trinajstić information content (AvgIpc) is 2.76. The van der Waals surface area contributed by atoms with Gasteiger partial charge in [0.1, 0.15) is 5.75 Å². The number of aliphatic imine (C=N–C) groups is 1. The van der Waals surface area contributed by atoms with Crippen molar-refractivity contribution in [3.05, 3.63) is 53.6 Å². The molecular weight excluding hydrogens is 378 g/mol. The van der Waals surface area contributed by atoms with Crippen molar-refractivity contribution in [2.75, 3.05) is 34.5 Å². The van der Waals surface area contributed by atoms with Gasteiger partial charge in [0.25, 0.3) is 0 Å². The van der Waals surface area contributed by atoms with Gasteiger partial charge in [-0.1, -0.05) is 12.1 Å². The minimum absolute atomic E-state index is 0.0446. The van der Waals surface area contributed by atoms with Crippen LogP contribution in [0.5, 0.6) is 17.2 Å².